The Balaban J connectivity index is 2.00. The molecule has 0 saturated carbocycles. The van der Waals surface area contributed by atoms with Gasteiger partial charge in [0.2, 0.25) is 0 Å². The molecule has 21 heavy (non-hydrogen) atoms. The van der Waals surface area contributed by atoms with Crippen LogP contribution in [0.2, 0.25) is 0 Å². The number of aromatic nitrogens is 2. The minimum absolute atomic E-state index is 0.286. The number of benzene rings is 1. The molecule has 0 aliphatic heterocycles. The van der Waals surface area contributed by atoms with Crippen molar-refractivity contribution in [1.82, 2.24) is 9.97 Å². The molecule has 5 nitrogen and oxygen atoms in total. The highest BCUT2D eigenvalue weighted by Crippen LogP contribution is 2.22. The minimum Gasteiger partial charge on any atom is -0.279 e. The summed E-state index contributed by atoms with van der Waals surface area (Å²) in [5.74, 6) is 0. The zero-order valence-corrected chi connectivity index (χ0v) is 13.1. The monoisotopic (exact) mass is 319 g/mol. The Morgan fingerprint density at radius 1 is 1.05 bits per heavy atom. The molecule has 0 fully saturated rings. The van der Waals surface area contributed by atoms with Crippen molar-refractivity contribution in [2.45, 2.75) is 18.1 Å². The average molecular weight is 319 g/mol. The molecule has 3 rings (SSSR count). The Kier molecular flexibility index (Phi) is 3.38. The van der Waals surface area contributed by atoms with Crippen molar-refractivity contribution in [3.05, 3.63) is 47.1 Å². The van der Waals surface area contributed by atoms with Gasteiger partial charge in [-0.2, -0.15) is 0 Å². The maximum Gasteiger partial charge on any atom is 0.271 e. The lowest BCUT2D eigenvalue weighted by Gasteiger charge is -2.08. The molecule has 2 aromatic heterocycles. The number of fused-ring (bicyclic) bond motifs is 1. The van der Waals surface area contributed by atoms with Gasteiger partial charge in [-0.15, -0.1) is 11.3 Å². The van der Waals surface area contributed by atoms with E-state index >= 15 is 0 Å². The highest BCUT2D eigenvalue weighted by Gasteiger charge is 2.15. The summed E-state index contributed by atoms with van der Waals surface area (Å²) in [6.45, 7) is 3.78. The number of hydrogen-bond donors (Lipinski definition) is 1. The van der Waals surface area contributed by atoms with E-state index in [1.165, 1.54) is 11.3 Å². The molecule has 7 heteroatoms. The van der Waals surface area contributed by atoms with Crippen molar-refractivity contribution in [1.29, 1.82) is 0 Å². The number of aryl methyl sites for hydroxylation is 2. The number of anilines is 1. The second-order valence-electron chi connectivity index (χ2n) is 4.64. The van der Waals surface area contributed by atoms with E-state index in [2.05, 4.69) is 14.7 Å². The smallest absolute Gasteiger partial charge is 0.271 e. The van der Waals surface area contributed by atoms with E-state index in [0.717, 1.165) is 16.9 Å². The molecule has 1 N–H and O–H groups in total. The highest BCUT2D eigenvalue weighted by molar-refractivity contribution is 7.94. The molecule has 0 unspecified atom stereocenters. The Morgan fingerprint density at radius 3 is 2.43 bits per heavy atom. The van der Waals surface area contributed by atoms with Gasteiger partial charge in [-0.25, -0.2) is 18.4 Å². The SMILES string of the molecule is Cc1nc2ccc(NS(=O)(=O)c3cccs3)cc2nc1C. The second kappa shape index (κ2) is 5.09. The van der Waals surface area contributed by atoms with Crippen molar-refractivity contribution in [2.24, 2.45) is 0 Å². The topological polar surface area (TPSA) is 72.0 Å². The summed E-state index contributed by atoms with van der Waals surface area (Å²) in [5.41, 5.74) is 3.60. The van der Waals surface area contributed by atoms with Gasteiger partial charge in [-0.1, -0.05) is 6.07 Å². The molecule has 2 heterocycles. The van der Waals surface area contributed by atoms with Crippen molar-refractivity contribution < 1.29 is 8.42 Å². The zero-order valence-electron chi connectivity index (χ0n) is 11.5. The van der Waals surface area contributed by atoms with E-state index < -0.39 is 10.0 Å². The summed E-state index contributed by atoms with van der Waals surface area (Å²) in [6.07, 6.45) is 0. The molecule has 0 spiro atoms. The first-order valence-corrected chi connectivity index (χ1v) is 8.63. The van der Waals surface area contributed by atoms with Crippen LogP contribution in [-0.4, -0.2) is 18.4 Å². The third kappa shape index (κ3) is 2.74. The molecule has 0 aliphatic rings. The molecule has 0 bridgehead atoms. The van der Waals surface area contributed by atoms with Crippen molar-refractivity contribution in [3.63, 3.8) is 0 Å². The average Bonchev–Trinajstić information content (AvgIpc) is 2.95. The third-order valence-corrected chi connectivity index (χ3v) is 5.87. The summed E-state index contributed by atoms with van der Waals surface area (Å²) < 4.78 is 27.2. The molecular weight excluding hydrogens is 306 g/mol. The van der Waals surface area contributed by atoms with Gasteiger partial charge < -0.3 is 0 Å². The van der Waals surface area contributed by atoms with Gasteiger partial charge in [0, 0.05) is 0 Å². The number of sulfonamides is 1. The number of hydrogen-bond acceptors (Lipinski definition) is 5. The van der Waals surface area contributed by atoms with Crippen molar-refractivity contribution in [2.75, 3.05) is 4.72 Å². The molecule has 0 radical (unpaired) electrons. The molecular formula is C14H13N3O2S2. The van der Waals surface area contributed by atoms with Gasteiger partial charge in [-0.05, 0) is 43.5 Å². The Labute approximate surface area is 126 Å². The Morgan fingerprint density at radius 2 is 1.76 bits per heavy atom. The van der Waals surface area contributed by atoms with Crippen molar-refractivity contribution >= 4 is 38.1 Å². The molecule has 3 aromatic rings. The van der Waals surface area contributed by atoms with E-state index in [9.17, 15) is 8.42 Å². The lowest BCUT2D eigenvalue weighted by molar-refractivity contribution is 0.603. The van der Waals surface area contributed by atoms with Crippen LogP contribution in [0.5, 0.6) is 0 Å². The van der Waals surface area contributed by atoms with Crippen molar-refractivity contribution in [3.8, 4) is 0 Å². The van der Waals surface area contributed by atoms with Crippen LogP contribution in [0, 0.1) is 13.8 Å². The fraction of sp³-hybridized carbons (Fsp3) is 0.143. The predicted octanol–water partition coefficient (Wildman–Crippen LogP) is 3.11. The Hall–Kier alpha value is -1.99. The van der Waals surface area contributed by atoms with E-state index in [4.69, 9.17) is 0 Å². The zero-order chi connectivity index (χ0) is 15.0. The van der Waals surface area contributed by atoms with Crippen LogP contribution in [-0.2, 0) is 10.0 Å². The second-order valence-corrected chi connectivity index (χ2v) is 7.49. The lowest BCUT2D eigenvalue weighted by Crippen LogP contribution is -2.11. The van der Waals surface area contributed by atoms with E-state index in [0.29, 0.717) is 11.2 Å². The number of rotatable bonds is 3. The van der Waals surface area contributed by atoms with Gasteiger partial charge in [0.15, 0.2) is 0 Å². The van der Waals surface area contributed by atoms with Crippen LogP contribution in [0.4, 0.5) is 5.69 Å². The van der Waals surface area contributed by atoms with Gasteiger partial charge in [0.1, 0.15) is 4.21 Å². The standard InChI is InChI=1S/C14H13N3O2S2/c1-9-10(2)16-13-8-11(5-6-12(13)15-9)17-21(18,19)14-4-3-7-20-14/h3-8,17H,1-2H3. The summed E-state index contributed by atoms with van der Waals surface area (Å²) in [4.78, 5) is 8.86. The molecule has 0 amide bonds. The normalized spacial score (nSPS) is 11.7. The molecule has 0 saturated heterocycles. The molecule has 108 valence electrons. The molecule has 1 aromatic carbocycles. The van der Waals surface area contributed by atoms with Gasteiger partial charge >= 0.3 is 0 Å². The van der Waals surface area contributed by atoms with Gasteiger partial charge in [0.25, 0.3) is 10.0 Å². The van der Waals surface area contributed by atoms with E-state index in [-0.39, 0.29) is 4.21 Å². The Bertz CT molecular complexity index is 903. The largest absolute Gasteiger partial charge is 0.279 e. The minimum atomic E-state index is -3.54. The summed E-state index contributed by atoms with van der Waals surface area (Å²) in [6, 6.07) is 8.43. The van der Waals surface area contributed by atoms with Gasteiger partial charge in [0.05, 0.1) is 28.1 Å². The maximum atomic E-state index is 12.2. The fourth-order valence-corrected chi connectivity index (χ4v) is 3.96. The van der Waals surface area contributed by atoms with E-state index in [1.807, 2.05) is 13.8 Å². The van der Waals surface area contributed by atoms with E-state index in [1.54, 1.807) is 35.7 Å². The molecule has 0 aliphatic carbocycles. The number of thiophene rings is 1. The van der Waals surface area contributed by atoms with Crippen LogP contribution in [0.3, 0.4) is 0 Å². The molecule has 0 atom stereocenters. The lowest BCUT2D eigenvalue weighted by atomic mass is 10.2. The highest BCUT2D eigenvalue weighted by atomic mass is 32.2. The first kappa shape index (κ1) is 14.0. The number of nitrogens with zero attached hydrogens (tertiary/aromatic N) is 2. The first-order valence-electron chi connectivity index (χ1n) is 6.27. The van der Waals surface area contributed by atoms with Crippen LogP contribution in [0.15, 0.2) is 39.9 Å². The van der Waals surface area contributed by atoms with Crippen LogP contribution >= 0.6 is 11.3 Å². The summed E-state index contributed by atoms with van der Waals surface area (Å²) in [5, 5.41) is 1.73. The first-order chi connectivity index (χ1) is 9.95. The quantitative estimate of drug-likeness (QED) is 0.805. The summed E-state index contributed by atoms with van der Waals surface area (Å²) in [7, 11) is -3.54. The predicted molar refractivity (Wildman–Crippen MR) is 84.1 cm³/mol. The summed E-state index contributed by atoms with van der Waals surface area (Å²) >= 11 is 1.18. The number of nitrogens with one attached hydrogen (secondary N) is 1. The van der Waals surface area contributed by atoms with Crippen LogP contribution < -0.4 is 4.72 Å². The van der Waals surface area contributed by atoms with Crippen LogP contribution in [0.1, 0.15) is 11.4 Å². The third-order valence-electron chi connectivity index (χ3n) is 3.09. The fourth-order valence-electron chi connectivity index (χ4n) is 1.92. The maximum absolute atomic E-state index is 12.2. The van der Waals surface area contributed by atoms with Crippen LogP contribution in [0.25, 0.3) is 11.0 Å². The van der Waals surface area contributed by atoms with Gasteiger partial charge in [-0.3, -0.25) is 4.72 Å².